The van der Waals surface area contributed by atoms with Crippen molar-refractivity contribution in [3.05, 3.63) is 83.9 Å². The van der Waals surface area contributed by atoms with E-state index < -0.39 is 0 Å². The Hall–Kier alpha value is -3.41. The fourth-order valence-electron chi connectivity index (χ4n) is 2.61. The van der Waals surface area contributed by atoms with Gasteiger partial charge < -0.3 is 15.4 Å². The third-order valence-electron chi connectivity index (χ3n) is 4.00. The molecule has 0 saturated heterocycles. The molecule has 0 aliphatic rings. The third kappa shape index (κ3) is 5.04. The summed E-state index contributed by atoms with van der Waals surface area (Å²) in [5, 5.41) is 5.95. The molecule has 6 heteroatoms. The van der Waals surface area contributed by atoms with Gasteiger partial charge in [0.25, 0.3) is 5.91 Å². The van der Waals surface area contributed by atoms with Crippen LogP contribution in [0.1, 0.15) is 16.1 Å². The Morgan fingerprint density at radius 1 is 1.04 bits per heavy atom. The number of aromatic nitrogens is 1. The van der Waals surface area contributed by atoms with Gasteiger partial charge in [-0.25, -0.2) is 9.37 Å². The summed E-state index contributed by atoms with van der Waals surface area (Å²) in [6.07, 6.45) is 2.23. The molecule has 2 N–H and O–H groups in total. The second kappa shape index (κ2) is 8.80. The van der Waals surface area contributed by atoms with E-state index in [4.69, 9.17) is 4.74 Å². The average Bonchev–Trinajstić information content (AvgIpc) is 2.70. The Morgan fingerprint density at radius 2 is 1.78 bits per heavy atom. The first-order valence-corrected chi connectivity index (χ1v) is 8.54. The fourth-order valence-corrected chi connectivity index (χ4v) is 2.61. The van der Waals surface area contributed by atoms with Crippen molar-refractivity contribution in [1.29, 1.82) is 0 Å². The summed E-state index contributed by atoms with van der Waals surface area (Å²) >= 11 is 0. The van der Waals surface area contributed by atoms with Crippen LogP contribution in [0.25, 0.3) is 0 Å². The minimum Gasteiger partial charge on any atom is -0.496 e. The number of carbonyl (C=O) groups excluding carboxylic acids is 1. The predicted octanol–water partition coefficient (Wildman–Crippen LogP) is 3.95. The van der Waals surface area contributed by atoms with Gasteiger partial charge in [0.05, 0.1) is 19.0 Å². The van der Waals surface area contributed by atoms with Crippen molar-refractivity contribution >= 4 is 17.3 Å². The molecule has 1 aromatic heterocycles. The van der Waals surface area contributed by atoms with Crippen LogP contribution in [0.2, 0.25) is 0 Å². The van der Waals surface area contributed by atoms with Gasteiger partial charge in [0.15, 0.2) is 0 Å². The van der Waals surface area contributed by atoms with Crippen LogP contribution >= 0.6 is 0 Å². The molecule has 3 rings (SSSR count). The average molecular weight is 365 g/mol. The molecular weight excluding hydrogens is 345 g/mol. The van der Waals surface area contributed by atoms with Crippen molar-refractivity contribution < 1.29 is 13.9 Å². The zero-order valence-corrected chi connectivity index (χ0v) is 14.9. The van der Waals surface area contributed by atoms with Crippen LogP contribution in [-0.2, 0) is 6.42 Å². The number of rotatable bonds is 7. The largest absolute Gasteiger partial charge is 0.496 e. The number of hydrogen-bond donors (Lipinski definition) is 2. The topological polar surface area (TPSA) is 63.2 Å². The monoisotopic (exact) mass is 365 g/mol. The van der Waals surface area contributed by atoms with E-state index in [1.807, 2.05) is 24.3 Å². The second-order valence-electron chi connectivity index (χ2n) is 5.88. The Morgan fingerprint density at radius 3 is 2.48 bits per heavy atom. The molecule has 1 heterocycles. The molecule has 3 aromatic rings. The number of halogens is 1. The number of para-hydroxylation sites is 1. The number of ether oxygens (including phenoxy) is 1. The molecule has 0 spiro atoms. The first-order valence-electron chi connectivity index (χ1n) is 8.54. The molecule has 0 atom stereocenters. The number of nitrogens with one attached hydrogen (secondary N) is 2. The predicted molar refractivity (Wildman–Crippen MR) is 103 cm³/mol. The molecule has 27 heavy (non-hydrogen) atoms. The summed E-state index contributed by atoms with van der Waals surface area (Å²) in [5.74, 6) is 0.276. The normalized spacial score (nSPS) is 10.3. The summed E-state index contributed by atoms with van der Waals surface area (Å²) in [6.45, 7) is 0.483. The highest BCUT2D eigenvalue weighted by atomic mass is 19.1. The first kappa shape index (κ1) is 18.4. The van der Waals surface area contributed by atoms with Gasteiger partial charge >= 0.3 is 0 Å². The van der Waals surface area contributed by atoms with Gasteiger partial charge in [-0.15, -0.1) is 0 Å². The van der Waals surface area contributed by atoms with Crippen LogP contribution < -0.4 is 15.4 Å². The van der Waals surface area contributed by atoms with Crippen molar-refractivity contribution in [2.75, 3.05) is 19.0 Å². The number of hydrogen-bond acceptors (Lipinski definition) is 4. The number of methoxy groups -OCH3 is 1. The van der Waals surface area contributed by atoms with Crippen molar-refractivity contribution in [2.45, 2.75) is 6.42 Å². The van der Waals surface area contributed by atoms with E-state index in [-0.39, 0.29) is 11.7 Å². The highest BCUT2D eigenvalue weighted by molar-refractivity contribution is 5.92. The van der Waals surface area contributed by atoms with Crippen molar-refractivity contribution in [3.63, 3.8) is 0 Å². The van der Waals surface area contributed by atoms with Gasteiger partial charge in [0.2, 0.25) is 0 Å². The molecule has 138 valence electrons. The van der Waals surface area contributed by atoms with Gasteiger partial charge in [0.1, 0.15) is 17.3 Å². The van der Waals surface area contributed by atoms with E-state index in [1.165, 1.54) is 12.1 Å². The molecule has 0 bridgehead atoms. The lowest BCUT2D eigenvalue weighted by molar-refractivity contribution is 0.0949. The summed E-state index contributed by atoms with van der Waals surface area (Å²) in [6, 6.07) is 17.1. The first-order chi connectivity index (χ1) is 13.2. The Balaban J connectivity index is 1.53. The number of nitrogens with zero attached hydrogens (tertiary/aromatic N) is 1. The summed E-state index contributed by atoms with van der Waals surface area (Å²) in [5.41, 5.74) is 2.83. The number of carbonyl (C=O) groups is 1. The quantitative estimate of drug-likeness (QED) is 0.666. The van der Waals surface area contributed by atoms with Crippen LogP contribution in [0.5, 0.6) is 5.75 Å². The molecule has 0 aliphatic carbocycles. The van der Waals surface area contributed by atoms with E-state index in [0.717, 1.165) is 17.0 Å². The van der Waals surface area contributed by atoms with Crippen molar-refractivity contribution in [3.8, 4) is 5.75 Å². The number of anilines is 2. The van der Waals surface area contributed by atoms with Gasteiger partial charge in [-0.3, -0.25) is 4.79 Å². The van der Waals surface area contributed by atoms with Gasteiger partial charge in [-0.05, 0) is 54.4 Å². The van der Waals surface area contributed by atoms with Gasteiger partial charge in [0, 0.05) is 12.2 Å². The summed E-state index contributed by atoms with van der Waals surface area (Å²) < 4.78 is 18.2. The lowest BCUT2D eigenvalue weighted by Gasteiger charge is -2.09. The van der Waals surface area contributed by atoms with E-state index in [0.29, 0.717) is 24.3 Å². The zero-order chi connectivity index (χ0) is 19.1. The van der Waals surface area contributed by atoms with E-state index in [2.05, 4.69) is 15.6 Å². The summed E-state index contributed by atoms with van der Waals surface area (Å²) in [4.78, 5) is 16.4. The standard InChI is InChI=1S/C21H20FN3O2/c1-27-20-5-3-2-4-15(20)12-13-23-21(26)19-11-10-18(14-24-19)25-17-8-6-16(22)7-9-17/h2-11,14,25H,12-13H2,1H3,(H,23,26). The van der Waals surface area contributed by atoms with Gasteiger partial charge in [-0.1, -0.05) is 18.2 Å². The number of amides is 1. The molecule has 1 amide bonds. The SMILES string of the molecule is COc1ccccc1CCNC(=O)c1ccc(Nc2ccc(F)cc2)cn1. The highest BCUT2D eigenvalue weighted by Gasteiger charge is 2.08. The summed E-state index contributed by atoms with van der Waals surface area (Å²) in [7, 11) is 1.63. The molecule has 5 nitrogen and oxygen atoms in total. The maximum atomic E-state index is 12.9. The van der Waals surface area contributed by atoms with Crippen molar-refractivity contribution in [1.82, 2.24) is 10.3 Å². The lowest BCUT2D eigenvalue weighted by atomic mass is 10.1. The molecule has 0 radical (unpaired) electrons. The Labute approximate surface area is 157 Å². The Kier molecular flexibility index (Phi) is 5.99. The van der Waals surface area contributed by atoms with E-state index in [1.54, 1.807) is 37.6 Å². The third-order valence-corrected chi connectivity index (χ3v) is 4.00. The van der Waals surface area contributed by atoms with E-state index >= 15 is 0 Å². The molecule has 0 aliphatic heterocycles. The molecule has 0 unspecified atom stereocenters. The maximum Gasteiger partial charge on any atom is 0.269 e. The van der Waals surface area contributed by atoms with Crippen LogP contribution in [0.3, 0.4) is 0 Å². The minimum atomic E-state index is -0.293. The second-order valence-corrected chi connectivity index (χ2v) is 5.88. The maximum absolute atomic E-state index is 12.9. The Bertz CT molecular complexity index is 896. The van der Waals surface area contributed by atoms with Gasteiger partial charge in [-0.2, -0.15) is 0 Å². The van der Waals surface area contributed by atoms with Crippen LogP contribution in [-0.4, -0.2) is 24.5 Å². The molecule has 0 saturated carbocycles. The van der Waals surface area contributed by atoms with Crippen LogP contribution in [0.4, 0.5) is 15.8 Å². The lowest BCUT2D eigenvalue weighted by Crippen LogP contribution is -2.26. The fraction of sp³-hybridized carbons (Fsp3) is 0.143. The van der Waals surface area contributed by atoms with Crippen LogP contribution in [0.15, 0.2) is 66.9 Å². The zero-order valence-electron chi connectivity index (χ0n) is 14.9. The van der Waals surface area contributed by atoms with Crippen molar-refractivity contribution in [2.24, 2.45) is 0 Å². The smallest absolute Gasteiger partial charge is 0.269 e. The molecule has 2 aromatic carbocycles. The van der Waals surface area contributed by atoms with E-state index in [9.17, 15) is 9.18 Å². The molecule has 0 fully saturated rings. The number of benzene rings is 2. The number of pyridine rings is 1. The van der Waals surface area contributed by atoms with Crippen LogP contribution in [0, 0.1) is 5.82 Å². The molecular formula is C21H20FN3O2. The highest BCUT2D eigenvalue weighted by Crippen LogP contribution is 2.18. The minimum absolute atomic E-state index is 0.238.